The van der Waals surface area contributed by atoms with Gasteiger partial charge in [0, 0.05) is 13.0 Å². The average molecular weight is 217 g/mol. The number of nitrogens with two attached hydrogens (primary N) is 1. The Hall–Kier alpha value is -0.860. The van der Waals surface area contributed by atoms with Crippen molar-refractivity contribution in [2.45, 2.75) is 37.8 Å². The van der Waals surface area contributed by atoms with Gasteiger partial charge in [-0.05, 0) is 23.5 Å². The molecule has 16 heavy (non-hydrogen) atoms. The second kappa shape index (κ2) is 4.19. The lowest BCUT2D eigenvalue weighted by Gasteiger charge is -2.16. The van der Waals surface area contributed by atoms with Crippen molar-refractivity contribution in [1.29, 1.82) is 0 Å². The molecule has 2 aliphatic carbocycles. The molecule has 2 nitrogen and oxygen atoms in total. The minimum atomic E-state index is 0.0791. The summed E-state index contributed by atoms with van der Waals surface area (Å²) in [7, 11) is 0. The zero-order chi connectivity index (χ0) is 11.0. The Kier molecular flexibility index (Phi) is 2.70. The van der Waals surface area contributed by atoms with Gasteiger partial charge in [-0.2, -0.15) is 0 Å². The number of hydrogen-bond acceptors (Lipinski definition) is 2. The molecule has 0 radical (unpaired) electrons. The molecule has 0 saturated heterocycles. The molecule has 2 atom stereocenters. The van der Waals surface area contributed by atoms with Gasteiger partial charge in [-0.1, -0.05) is 37.1 Å². The van der Waals surface area contributed by atoms with Gasteiger partial charge < -0.3 is 10.5 Å². The van der Waals surface area contributed by atoms with E-state index in [1.54, 1.807) is 0 Å². The van der Waals surface area contributed by atoms with Gasteiger partial charge in [0.15, 0.2) is 0 Å². The van der Waals surface area contributed by atoms with E-state index in [0.717, 1.165) is 18.9 Å². The summed E-state index contributed by atoms with van der Waals surface area (Å²) in [5, 5.41) is 0. The van der Waals surface area contributed by atoms with E-state index in [1.807, 2.05) is 0 Å². The molecular weight excluding hydrogens is 198 g/mol. The van der Waals surface area contributed by atoms with Crippen LogP contribution in [0.5, 0.6) is 0 Å². The van der Waals surface area contributed by atoms with E-state index in [-0.39, 0.29) is 12.1 Å². The van der Waals surface area contributed by atoms with Gasteiger partial charge in [0.1, 0.15) is 0 Å². The number of ether oxygens (including phenoxy) is 1. The van der Waals surface area contributed by atoms with Crippen LogP contribution in [0, 0.1) is 5.92 Å². The third kappa shape index (κ3) is 2.00. The maximum absolute atomic E-state index is 6.20. The van der Waals surface area contributed by atoms with Crippen LogP contribution < -0.4 is 5.73 Å². The van der Waals surface area contributed by atoms with Crippen LogP contribution in [0.1, 0.15) is 36.4 Å². The highest BCUT2D eigenvalue weighted by atomic mass is 16.5. The van der Waals surface area contributed by atoms with Crippen molar-refractivity contribution in [2.75, 3.05) is 6.61 Å². The molecule has 0 aromatic heterocycles. The first-order valence-corrected chi connectivity index (χ1v) is 6.29. The first-order chi connectivity index (χ1) is 7.84. The smallest absolute Gasteiger partial charge is 0.0808 e. The molecule has 0 bridgehead atoms. The Morgan fingerprint density at radius 2 is 2.06 bits per heavy atom. The number of hydrogen-bond donors (Lipinski definition) is 1. The molecule has 0 aliphatic heterocycles. The normalized spacial score (nSPS) is 28.1. The Labute approximate surface area is 96.8 Å². The summed E-state index contributed by atoms with van der Waals surface area (Å²) < 4.78 is 5.92. The largest absolute Gasteiger partial charge is 0.376 e. The van der Waals surface area contributed by atoms with Gasteiger partial charge in [0.2, 0.25) is 0 Å². The molecule has 3 rings (SSSR count). The van der Waals surface area contributed by atoms with Crippen molar-refractivity contribution in [3.05, 3.63) is 35.4 Å². The summed E-state index contributed by atoms with van der Waals surface area (Å²) in [6, 6.07) is 8.52. The van der Waals surface area contributed by atoms with Crippen molar-refractivity contribution in [3.8, 4) is 0 Å². The molecule has 2 unspecified atom stereocenters. The monoisotopic (exact) mass is 217 g/mol. The van der Waals surface area contributed by atoms with Crippen molar-refractivity contribution in [3.63, 3.8) is 0 Å². The lowest BCUT2D eigenvalue weighted by atomic mass is 10.1. The highest BCUT2D eigenvalue weighted by molar-refractivity contribution is 5.36. The van der Waals surface area contributed by atoms with Crippen LogP contribution in [0.2, 0.25) is 0 Å². The fraction of sp³-hybridized carbons (Fsp3) is 0.571. The second-order valence-corrected chi connectivity index (χ2v) is 5.07. The molecule has 0 heterocycles. The molecule has 0 spiro atoms. The Balaban J connectivity index is 1.58. The fourth-order valence-electron chi connectivity index (χ4n) is 2.54. The number of rotatable bonds is 4. The minimum absolute atomic E-state index is 0.0791. The summed E-state index contributed by atoms with van der Waals surface area (Å²) in [5.74, 6) is 0.944. The Morgan fingerprint density at radius 3 is 2.81 bits per heavy atom. The molecule has 1 aromatic rings. The lowest BCUT2D eigenvalue weighted by Crippen LogP contribution is -2.25. The fourth-order valence-corrected chi connectivity index (χ4v) is 2.54. The van der Waals surface area contributed by atoms with Gasteiger partial charge in [-0.15, -0.1) is 0 Å². The standard InChI is InChI=1S/C14H19NO/c15-14-12-4-2-1-3-11(12)9-13(14)16-8-7-10-5-6-10/h1-4,10,13-14H,5-9,15H2. The van der Waals surface area contributed by atoms with Gasteiger partial charge in [-0.25, -0.2) is 0 Å². The van der Waals surface area contributed by atoms with E-state index < -0.39 is 0 Å². The highest BCUT2D eigenvalue weighted by Crippen LogP contribution is 2.34. The Morgan fingerprint density at radius 1 is 1.25 bits per heavy atom. The summed E-state index contributed by atoms with van der Waals surface area (Å²) >= 11 is 0. The topological polar surface area (TPSA) is 35.2 Å². The molecule has 1 saturated carbocycles. The van der Waals surface area contributed by atoms with E-state index in [9.17, 15) is 0 Å². The van der Waals surface area contributed by atoms with E-state index in [4.69, 9.17) is 10.5 Å². The van der Waals surface area contributed by atoms with Crippen molar-refractivity contribution < 1.29 is 4.74 Å². The second-order valence-electron chi connectivity index (χ2n) is 5.07. The van der Waals surface area contributed by atoms with E-state index in [1.165, 1.54) is 30.4 Å². The van der Waals surface area contributed by atoms with Crippen molar-refractivity contribution >= 4 is 0 Å². The quantitative estimate of drug-likeness (QED) is 0.840. The molecule has 86 valence electrons. The third-order valence-corrected chi connectivity index (χ3v) is 3.79. The highest BCUT2D eigenvalue weighted by Gasteiger charge is 2.30. The molecule has 1 aromatic carbocycles. The van der Waals surface area contributed by atoms with Crippen molar-refractivity contribution in [2.24, 2.45) is 11.7 Å². The minimum Gasteiger partial charge on any atom is -0.376 e. The van der Waals surface area contributed by atoms with Gasteiger partial charge in [0.05, 0.1) is 12.1 Å². The molecule has 2 aliphatic rings. The van der Waals surface area contributed by atoms with Crippen LogP contribution in [0.4, 0.5) is 0 Å². The lowest BCUT2D eigenvalue weighted by molar-refractivity contribution is 0.0400. The Bertz CT molecular complexity index is 373. The summed E-state index contributed by atoms with van der Waals surface area (Å²) in [4.78, 5) is 0. The first-order valence-electron chi connectivity index (χ1n) is 6.29. The van der Waals surface area contributed by atoms with Crippen LogP contribution >= 0.6 is 0 Å². The maximum atomic E-state index is 6.20. The predicted octanol–water partition coefficient (Wildman–Crippen LogP) is 2.43. The summed E-state index contributed by atoms with van der Waals surface area (Å²) in [5.41, 5.74) is 8.84. The zero-order valence-corrected chi connectivity index (χ0v) is 9.56. The molecule has 0 amide bonds. The van der Waals surface area contributed by atoms with Gasteiger partial charge in [-0.3, -0.25) is 0 Å². The summed E-state index contributed by atoms with van der Waals surface area (Å²) in [6.45, 7) is 0.886. The van der Waals surface area contributed by atoms with E-state index in [2.05, 4.69) is 24.3 Å². The van der Waals surface area contributed by atoms with Crippen LogP contribution in [-0.2, 0) is 11.2 Å². The predicted molar refractivity (Wildman–Crippen MR) is 64.2 cm³/mol. The van der Waals surface area contributed by atoms with Gasteiger partial charge >= 0.3 is 0 Å². The SMILES string of the molecule is NC1c2ccccc2CC1OCCC1CC1. The molecule has 2 heteroatoms. The summed E-state index contributed by atoms with van der Waals surface area (Å²) in [6.07, 6.45) is 5.22. The van der Waals surface area contributed by atoms with Crippen LogP contribution in [0.3, 0.4) is 0 Å². The first kappa shape index (κ1) is 10.3. The maximum Gasteiger partial charge on any atom is 0.0808 e. The molecular formula is C14H19NO. The van der Waals surface area contributed by atoms with E-state index >= 15 is 0 Å². The van der Waals surface area contributed by atoms with Gasteiger partial charge in [0.25, 0.3) is 0 Å². The number of fused-ring (bicyclic) bond motifs is 1. The zero-order valence-electron chi connectivity index (χ0n) is 9.56. The third-order valence-electron chi connectivity index (χ3n) is 3.79. The van der Waals surface area contributed by atoms with Crippen LogP contribution in [0.15, 0.2) is 24.3 Å². The van der Waals surface area contributed by atoms with Crippen molar-refractivity contribution in [1.82, 2.24) is 0 Å². The van der Waals surface area contributed by atoms with Crippen LogP contribution in [-0.4, -0.2) is 12.7 Å². The van der Waals surface area contributed by atoms with Crippen LogP contribution in [0.25, 0.3) is 0 Å². The molecule has 2 N–H and O–H groups in total. The number of benzene rings is 1. The molecule has 1 fully saturated rings. The average Bonchev–Trinajstić information content (AvgIpc) is 3.06. The van der Waals surface area contributed by atoms with E-state index in [0.29, 0.717) is 0 Å².